The molecule has 0 aromatic rings. The first-order valence-corrected chi connectivity index (χ1v) is 4.86. The quantitative estimate of drug-likeness (QED) is 0.670. The van der Waals surface area contributed by atoms with E-state index in [1.165, 1.54) is 0 Å². The van der Waals surface area contributed by atoms with E-state index < -0.39 is 6.10 Å². The zero-order valence-electron chi connectivity index (χ0n) is 8.71. The normalized spacial score (nSPS) is 12.3. The van der Waals surface area contributed by atoms with E-state index in [1.807, 2.05) is 20.8 Å². The summed E-state index contributed by atoms with van der Waals surface area (Å²) in [4.78, 5) is 13.0. The number of carbonyl (C=O) groups is 1. The average Bonchev–Trinajstić information content (AvgIpc) is 2.16. The summed E-state index contributed by atoms with van der Waals surface area (Å²) in [5, 5.41) is 11.9. The second-order valence-electron chi connectivity index (χ2n) is 2.92. The molecule has 0 aliphatic rings. The summed E-state index contributed by atoms with van der Waals surface area (Å²) < 4.78 is 0. The molecule has 0 spiro atoms. The molecule has 1 atom stereocenters. The van der Waals surface area contributed by atoms with Crippen molar-refractivity contribution >= 4 is 6.03 Å². The summed E-state index contributed by atoms with van der Waals surface area (Å²) in [7, 11) is 0. The molecule has 0 heterocycles. The molecule has 13 heavy (non-hydrogen) atoms. The first-order chi connectivity index (χ1) is 6.15. The maximum Gasteiger partial charge on any atom is 0.317 e. The lowest BCUT2D eigenvalue weighted by Crippen LogP contribution is -2.42. The lowest BCUT2D eigenvalue weighted by atomic mass is 10.3. The van der Waals surface area contributed by atoms with E-state index in [-0.39, 0.29) is 6.03 Å². The topological polar surface area (TPSA) is 52.6 Å². The molecule has 0 fully saturated rings. The van der Waals surface area contributed by atoms with Gasteiger partial charge in [-0.25, -0.2) is 4.79 Å². The summed E-state index contributed by atoms with van der Waals surface area (Å²) in [6.45, 7) is 7.48. The maximum atomic E-state index is 11.3. The number of hydrogen-bond donors (Lipinski definition) is 2. The van der Waals surface area contributed by atoms with E-state index in [1.54, 1.807) is 4.90 Å². The Balaban J connectivity index is 3.72. The number of amides is 2. The summed E-state index contributed by atoms with van der Waals surface area (Å²) in [5.41, 5.74) is 0. The molecule has 0 saturated heterocycles. The second-order valence-corrected chi connectivity index (χ2v) is 2.92. The van der Waals surface area contributed by atoms with Crippen molar-refractivity contribution in [2.75, 3.05) is 19.6 Å². The molecular weight excluding hydrogens is 168 g/mol. The molecule has 2 amide bonds. The number of nitrogens with zero attached hydrogens (tertiary/aromatic N) is 1. The molecule has 0 aromatic heterocycles. The third-order valence-corrected chi connectivity index (χ3v) is 2.01. The molecule has 0 radical (unpaired) electrons. The molecule has 2 N–H and O–H groups in total. The van der Waals surface area contributed by atoms with Gasteiger partial charge in [-0.05, 0) is 20.3 Å². The van der Waals surface area contributed by atoms with Crippen molar-refractivity contribution in [3.63, 3.8) is 0 Å². The van der Waals surface area contributed by atoms with Crippen molar-refractivity contribution in [1.82, 2.24) is 10.2 Å². The van der Waals surface area contributed by atoms with E-state index in [0.717, 1.165) is 0 Å². The van der Waals surface area contributed by atoms with Crippen molar-refractivity contribution in [3.8, 4) is 0 Å². The van der Waals surface area contributed by atoms with Crippen molar-refractivity contribution in [2.24, 2.45) is 0 Å². The lowest BCUT2D eigenvalue weighted by molar-refractivity contribution is 0.158. The molecular formula is C9H20N2O2. The standard InChI is InChI=1S/C9H20N2O2/c1-4-8(12)7-10-9(13)11(5-2)6-3/h8,12H,4-7H2,1-3H3,(H,10,13). The molecule has 0 bridgehead atoms. The van der Waals surface area contributed by atoms with Crippen molar-refractivity contribution in [1.29, 1.82) is 0 Å². The Morgan fingerprint density at radius 2 is 1.92 bits per heavy atom. The maximum absolute atomic E-state index is 11.3. The van der Waals surface area contributed by atoms with Crippen LogP contribution in [-0.4, -0.2) is 41.8 Å². The van der Waals surface area contributed by atoms with E-state index in [9.17, 15) is 9.90 Å². The van der Waals surface area contributed by atoms with Crippen LogP contribution >= 0.6 is 0 Å². The Bertz CT molecular complexity index is 147. The minimum atomic E-state index is -0.431. The van der Waals surface area contributed by atoms with Crippen LogP contribution in [0.15, 0.2) is 0 Å². The number of aliphatic hydroxyl groups is 1. The number of nitrogens with one attached hydrogen (secondary N) is 1. The lowest BCUT2D eigenvalue weighted by Gasteiger charge is -2.20. The molecule has 4 nitrogen and oxygen atoms in total. The summed E-state index contributed by atoms with van der Waals surface area (Å²) >= 11 is 0. The number of hydrogen-bond acceptors (Lipinski definition) is 2. The fourth-order valence-electron chi connectivity index (χ4n) is 0.972. The van der Waals surface area contributed by atoms with Crippen LogP contribution in [0.4, 0.5) is 4.79 Å². The minimum absolute atomic E-state index is 0.0995. The van der Waals surface area contributed by atoms with Crippen LogP contribution in [0.2, 0.25) is 0 Å². The molecule has 0 saturated carbocycles. The fraction of sp³-hybridized carbons (Fsp3) is 0.889. The van der Waals surface area contributed by atoms with Crippen LogP contribution < -0.4 is 5.32 Å². The van der Waals surface area contributed by atoms with Gasteiger partial charge in [0.25, 0.3) is 0 Å². The molecule has 4 heteroatoms. The Morgan fingerprint density at radius 3 is 2.31 bits per heavy atom. The van der Waals surface area contributed by atoms with E-state index in [0.29, 0.717) is 26.1 Å². The second kappa shape index (κ2) is 6.71. The Hall–Kier alpha value is -0.770. The number of aliphatic hydroxyl groups excluding tert-OH is 1. The fourth-order valence-corrected chi connectivity index (χ4v) is 0.972. The summed E-state index contributed by atoms with van der Waals surface area (Å²) in [6, 6.07) is -0.0995. The van der Waals surface area contributed by atoms with Gasteiger partial charge in [-0.15, -0.1) is 0 Å². The third-order valence-electron chi connectivity index (χ3n) is 2.01. The minimum Gasteiger partial charge on any atom is -0.391 e. The van der Waals surface area contributed by atoms with Gasteiger partial charge in [0.1, 0.15) is 0 Å². The predicted octanol–water partition coefficient (Wildman–Crippen LogP) is 0.809. The van der Waals surface area contributed by atoms with Crippen molar-refractivity contribution < 1.29 is 9.90 Å². The van der Waals surface area contributed by atoms with Gasteiger partial charge < -0.3 is 15.3 Å². The van der Waals surface area contributed by atoms with Crippen LogP contribution in [0, 0.1) is 0 Å². The van der Waals surface area contributed by atoms with E-state index in [2.05, 4.69) is 5.32 Å². The van der Waals surface area contributed by atoms with Crippen LogP contribution in [0.1, 0.15) is 27.2 Å². The zero-order valence-corrected chi connectivity index (χ0v) is 8.71. The van der Waals surface area contributed by atoms with Gasteiger partial charge in [-0.1, -0.05) is 6.92 Å². The molecule has 1 unspecified atom stereocenters. The van der Waals surface area contributed by atoms with Gasteiger partial charge in [-0.3, -0.25) is 0 Å². The van der Waals surface area contributed by atoms with Gasteiger partial charge in [0.15, 0.2) is 0 Å². The van der Waals surface area contributed by atoms with E-state index in [4.69, 9.17) is 0 Å². The Labute approximate surface area is 79.9 Å². The molecule has 0 rings (SSSR count). The number of carbonyl (C=O) groups excluding carboxylic acids is 1. The summed E-state index contributed by atoms with van der Waals surface area (Å²) in [6.07, 6.45) is 0.234. The molecule has 0 aliphatic carbocycles. The highest BCUT2D eigenvalue weighted by Crippen LogP contribution is 1.90. The van der Waals surface area contributed by atoms with Crippen molar-refractivity contribution in [3.05, 3.63) is 0 Å². The van der Waals surface area contributed by atoms with Gasteiger partial charge in [0.2, 0.25) is 0 Å². The van der Waals surface area contributed by atoms with Gasteiger partial charge in [0.05, 0.1) is 6.10 Å². The highest BCUT2D eigenvalue weighted by atomic mass is 16.3. The Kier molecular flexibility index (Phi) is 6.32. The van der Waals surface area contributed by atoms with Gasteiger partial charge in [0, 0.05) is 19.6 Å². The smallest absolute Gasteiger partial charge is 0.317 e. The Morgan fingerprint density at radius 1 is 1.38 bits per heavy atom. The largest absolute Gasteiger partial charge is 0.391 e. The van der Waals surface area contributed by atoms with Crippen LogP contribution in [0.3, 0.4) is 0 Å². The number of urea groups is 1. The number of rotatable bonds is 5. The predicted molar refractivity (Wildman–Crippen MR) is 52.6 cm³/mol. The molecule has 0 aromatic carbocycles. The molecule has 0 aliphatic heterocycles. The van der Waals surface area contributed by atoms with Gasteiger partial charge in [-0.2, -0.15) is 0 Å². The summed E-state index contributed by atoms with van der Waals surface area (Å²) in [5.74, 6) is 0. The first-order valence-electron chi connectivity index (χ1n) is 4.86. The molecule has 78 valence electrons. The highest BCUT2D eigenvalue weighted by molar-refractivity contribution is 5.74. The third kappa shape index (κ3) is 4.72. The zero-order chi connectivity index (χ0) is 10.3. The van der Waals surface area contributed by atoms with Gasteiger partial charge >= 0.3 is 6.03 Å². The van der Waals surface area contributed by atoms with Crippen LogP contribution in [0.25, 0.3) is 0 Å². The monoisotopic (exact) mass is 188 g/mol. The first kappa shape index (κ1) is 12.2. The average molecular weight is 188 g/mol. The van der Waals surface area contributed by atoms with Crippen LogP contribution in [0.5, 0.6) is 0 Å². The van der Waals surface area contributed by atoms with Crippen molar-refractivity contribution in [2.45, 2.75) is 33.3 Å². The SMILES string of the molecule is CCC(O)CNC(=O)N(CC)CC. The van der Waals surface area contributed by atoms with Crippen LogP contribution in [-0.2, 0) is 0 Å². The highest BCUT2D eigenvalue weighted by Gasteiger charge is 2.09. The van der Waals surface area contributed by atoms with E-state index >= 15 is 0 Å².